The average Bonchev–Trinajstić information content (AvgIpc) is 2.85. The third kappa shape index (κ3) is 3.83. The molecule has 4 nitrogen and oxygen atoms in total. The molecule has 0 unspecified atom stereocenters. The number of anilines is 1. The maximum atomic E-state index is 13.4. The lowest BCUT2D eigenvalue weighted by Gasteiger charge is -2.41. The molecule has 33 heavy (non-hydrogen) atoms. The van der Waals surface area contributed by atoms with Gasteiger partial charge in [-0.3, -0.25) is 15.1 Å². The number of hydrogen-bond donors (Lipinski definition) is 2. The van der Waals surface area contributed by atoms with Gasteiger partial charge in [0.1, 0.15) is 11.6 Å². The number of para-hydroxylation sites is 1. The predicted molar refractivity (Wildman–Crippen MR) is 135 cm³/mol. The number of halogens is 1. The first kappa shape index (κ1) is 21.4. The number of rotatable bonds is 3. The minimum absolute atomic E-state index is 0.0272. The van der Waals surface area contributed by atoms with Crippen molar-refractivity contribution in [3.05, 3.63) is 117 Å². The molecule has 1 atom stereocenters. The lowest BCUT2D eigenvalue weighted by atomic mass is 9.73. The third-order valence-corrected chi connectivity index (χ3v) is 6.80. The SMILES string of the molecule is N=C1/C(=C(/O)c2ccccc2)[C@@H](c2ccc(Br)cc2)C2=C(CCCC2=O)N1c1ccccc1. The van der Waals surface area contributed by atoms with Gasteiger partial charge in [0.2, 0.25) is 0 Å². The molecule has 0 saturated carbocycles. The fraction of sp³-hybridized carbons (Fsp3) is 0.143. The van der Waals surface area contributed by atoms with E-state index in [1.54, 1.807) is 0 Å². The number of allylic oxidation sites excluding steroid dienone is 2. The number of carbonyl (C=O) groups excluding carboxylic acids is 1. The molecule has 0 fully saturated rings. The summed E-state index contributed by atoms with van der Waals surface area (Å²) < 4.78 is 0.935. The van der Waals surface area contributed by atoms with Crippen molar-refractivity contribution in [3.8, 4) is 0 Å². The first-order valence-electron chi connectivity index (χ1n) is 11.0. The Morgan fingerprint density at radius 1 is 0.909 bits per heavy atom. The first-order valence-corrected chi connectivity index (χ1v) is 11.8. The molecule has 1 heterocycles. The van der Waals surface area contributed by atoms with Crippen molar-refractivity contribution in [2.75, 3.05) is 4.90 Å². The van der Waals surface area contributed by atoms with E-state index in [4.69, 9.17) is 0 Å². The van der Waals surface area contributed by atoms with Gasteiger partial charge in [0.25, 0.3) is 0 Å². The molecular formula is C28H23BrN2O2. The zero-order chi connectivity index (χ0) is 22.9. The van der Waals surface area contributed by atoms with Crippen LogP contribution in [0.3, 0.4) is 0 Å². The molecule has 164 valence electrons. The van der Waals surface area contributed by atoms with Crippen LogP contribution in [-0.4, -0.2) is 16.7 Å². The molecule has 0 bridgehead atoms. The van der Waals surface area contributed by atoms with E-state index >= 15 is 0 Å². The van der Waals surface area contributed by atoms with Gasteiger partial charge in [-0.1, -0.05) is 76.6 Å². The standard InChI is InChI=1S/C28H23BrN2O2/c29-20-16-14-18(15-17-20)24-25-22(12-7-13-23(25)32)31(21-10-5-2-6-11-21)28(30)26(24)27(33)19-8-3-1-4-9-19/h1-6,8-11,14-17,24,30,33H,7,12-13H2/b27-26+,30-28?/t24-/m0/s1. The fourth-order valence-electron chi connectivity index (χ4n) is 4.79. The Hall–Kier alpha value is -3.44. The van der Waals surface area contributed by atoms with Crippen LogP contribution in [0.1, 0.15) is 36.3 Å². The van der Waals surface area contributed by atoms with E-state index in [1.807, 2.05) is 89.8 Å². The van der Waals surface area contributed by atoms with Crippen molar-refractivity contribution >= 4 is 39.0 Å². The van der Waals surface area contributed by atoms with Crippen molar-refractivity contribution in [2.24, 2.45) is 0 Å². The molecule has 1 aliphatic carbocycles. The monoisotopic (exact) mass is 498 g/mol. The van der Waals surface area contributed by atoms with Crippen LogP contribution in [0.2, 0.25) is 0 Å². The van der Waals surface area contributed by atoms with Crippen molar-refractivity contribution < 1.29 is 9.90 Å². The molecule has 0 amide bonds. The Kier molecular flexibility index (Phi) is 5.73. The van der Waals surface area contributed by atoms with Gasteiger partial charge in [-0.15, -0.1) is 0 Å². The Morgan fingerprint density at radius 2 is 1.55 bits per heavy atom. The molecule has 1 aliphatic heterocycles. The molecule has 0 saturated heterocycles. The molecule has 2 aliphatic rings. The zero-order valence-corrected chi connectivity index (χ0v) is 19.5. The van der Waals surface area contributed by atoms with Crippen LogP contribution in [-0.2, 0) is 4.79 Å². The van der Waals surface area contributed by atoms with Gasteiger partial charge in [-0.05, 0) is 42.7 Å². The van der Waals surface area contributed by atoms with Gasteiger partial charge < -0.3 is 5.11 Å². The van der Waals surface area contributed by atoms with Crippen LogP contribution in [0.15, 0.2) is 106 Å². The van der Waals surface area contributed by atoms with E-state index in [0.29, 0.717) is 29.6 Å². The number of benzene rings is 3. The first-order chi connectivity index (χ1) is 16.1. The summed E-state index contributed by atoms with van der Waals surface area (Å²) in [5.74, 6) is -0.201. The van der Waals surface area contributed by atoms with Gasteiger partial charge in [-0.2, -0.15) is 0 Å². The summed E-state index contributed by atoms with van der Waals surface area (Å²) in [7, 11) is 0. The summed E-state index contributed by atoms with van der Waals surface area (Å²) in [5, 5.41) is 20.8. The number of aliphatic hydroxyl groups excluding tert-OH is 1. The predicted octanol–water partition coefficient (Wildman–Crippen LogP) is 7.01. The number of ketones is 1. The van der Waals surface area contributed by atoms with Crippen LogP contribution in [0.5, 0.6) is 0 Å². The summed E-state index contributed by atoms with van der Waals surface area (Å²) in [4.78, 5) is 15.2. The second-order valence-electron chi connectivity index (χ2n) is 8.27. The molecular weight excluding hydrogens is 476 g/mol. The van der Waals surface area contributed by atoms with Crippen LogP contribution >= 0.6 is 15.9 Å². The normalized spacial score (nSPS) is 20.0. The third-order valence-electron chi connectivity index (χ3n) is 6.27. The Morgan fingerprint density at radius 3 is 2.21 bits per heavy atom. The number of aliphatic hydroxyl groups is 1. The molecule has 3 aromatic carbocycles. The number of Topliss-reactive ketones (excluding diaryl/α,β-unsaturated/α-hetero) is 1. The van der Waals surface area contributed by atoms with E-state index < -0.39 is 5.92 Å². The van der Waals surface area contributed by atoms with Gasteiger partial charge in [0, 0.05) is 44.9 Å². The van der Waals surface area contributed by atoms with E-state index in [1.165, 1.54) is 0 Å². The fourth-order valence-corrected chi connectivity index (χ4v) is 5.06. The maximum Gasteiger partial charge on any atom is 0.161 e. The highest BCUT2D eigenvalue weighted by Crippen LogP contribution is 2.47. The van der Waals surface area contributed by atoms with Crippen molar-refractivity contribution in [3.63, 3.8) is 0 Å². The largest absolute Gasteiger partial charge is 0.507 e. The molecule has 0 spiro atoms. The highest BCUT2D eigenvalue weighted by atomic mass is 79.9. The zero-order valence-electron chi connectivity index (χ0n) is 18.0. The minimum atomic E-state index is -0.506. The molecule has 0 radical (unpaired) electrons. The number of nitrogens with one attached hydrogen (secondary N) is 1. The molecule has 5 heteroatoms. The Balaban J connectivity index is 1.83. The lowest BCUT2D eigenvalue weighted by Crippen LogP contribution is -2.42. The van der Waals surface area contributed by atoms with Crippen molar-refractivity contribution in [2.45, 2.75) is 25.2 Å². The summed E-state index contributed by atoms with van der Waals surface area (Å²) in [5.41, 5.74) is 4.31. The van der Waals surface area contributed by atoms with Gasteiger partial charge >= 0.3 is 0 Å². The second kappa shape index (κ2) is 8.83. The highest BCUT2D eigenvalue weighted by Gasteiger charge is 2.43. The quantitative estimate of drug-likeness (QED) is 0.381. The van der Waals surface area contributed by atoms with E-state index in [9.17, 15) is 15.3 Å². The number of nitrogens with zero attached hydrogens (tertiary/aromatic N) is 1. The van der Waals surface area contributed by atoms with Gasteiger partial charge in [0.05, 0.1) is 0 Å². The average molecular weight is 499 g/mol. The Labute approximate surface area is 201 Å². The molecule has 0 aromatic heterocycles. The Bertz CT molecular complexity index is 1280. The highest BCUT2D eigenvalue weighted by molar-refractivity contribution is 9.10. The molecule has 5 rings (SSSR count). The maximum absolute atomic E-state index is 13.4. The van der Waals surface area contributed by atoms with Gasteiger partial charge in [-0.25, -0.2) is 0 Å². The van der Waals surface area contributed by atoms with Crippen LogP contribution in [0.25, 0.3) is 5.76 Å². The molecule has 2 N–H and O–H groups in total. The number of hydrogen-bond acceptors (Lipinski definition) is 3. The van der Waals surface area contributed by atoms with E-state index in [0.717, 1.165) is 27.8 Å². The van der Waals surface area contributed by atoms with E-state index in [-0.39, 0.29) is 17.4 Å². The summed E-state index contributed by atoms with van der Waals surface area (Å²) in [6.45, 7) is 0. The summed E-state index contributed by atoms with van der Waals surface area (Å²) in [6.07, 6.45) is 1.94. The van der Waals surface area contributed by atoms with Crippen LogP contribution < -0.4 is 4.90 Å². The van der Waals surface area contributed by atoms with Crippen LogP contribution in [0, 0.1) is 5.41 Å². The minimum Gasteiger partial charge on any atom is -0.507 e. The van der Waals surface area contributed by atoms with Crippen molar-refractivity contribution in [1.29, 1.82) is 5.41 Å². The summed E-state index contributed by atoms with van der Waals surface area (Å²) >= 11 is 3.49. The summed E-state index contributed by atoms with van der Waals surface area (Å²) in [6, 6.07) is 26.7. The second-order valence-corrected chi connectivity index (χ2v) is 9.19. The topological polar surface area (TPSA) is 64.4 Å². The van der Waals surface area contributed by atoms with Crippen LogP contribution in [0.4, 0.5) is 5.69 Å². The van der Waals surface area contributed by atoms with Gasteiger partial charge in [0.15, 0.2) is 5.78 Å². The lowest BCUT2D eigenvalue weighted by molar-refractivity contribution is -0.116. The molecule has 3 aromatic rings. The van der Waals surface area contributed by atoms with E-state index in [2.05, 4.69) is 15.9 Å². The smallest absolute Gasteiger partial charge is 0.161 e. The number of amidine groups is 1. The number of carbonyl (C=O) groups is 1. The van der Waals surface area contributed by atoms with Crippen molar-refractivity contribution in [1.82, 2.24) is 0 Å².